The third-order valence-electron chi connectivity index (χ3n) is 4.19. The Labute approximate surface area is 127 Å². The van der Waals surface area contributed by atoms with Crippen molar-refractivity contribution in [1.82, 2.24) is 0 Å². The van der Waals surface area contributed by atoms with Gasteiger partial charge in [-0.25, -0.2) is 0 Å². The zero-order valence-electron chi connectivity index (χ0n) is 13.4. The van der Waals surface area contributed by atoms with Crippen molar-refractivity contribution in [3.05, 3.63) is 29.3 Å². The lowest BCUT2D eigenvalue weighted by atomic mass is 10.1. The van der Waals surface area contributed by atoms with E-state index in [0.717, 1.165) is 30.8 Å². The van der Waals surface area contributed by atoms with Crippen LogP contribution in [0.15, 0.2) is 18.2 Å². The standard InChI is InChI=1S/C17H26N2O2/c1-13-7-6-9-16(14(13)2)18-17(20)12-19(3)11-15-8-4-5-10-21-15/h6-7,9,15H,4-5,8,10-12H2,1-3H3,(H,18,20)/p+1/t15-/m1/s1. The first kappa shape index (κ1) is 16.0. The van der Waals surface area contributed by atoms with Gasteiger partial charge >= 0.3 is 0 Å². The fraction of sp³-hybridized carbons (Fsp3) is 0.588. The first-order valence-electron chi connectivity index (χ1n) is 7.85. The summed E-state index contributed by atoms with van der Waals surface area (Å²) in [4.78, 5) is 13.4. The van der Waals surface area contributed by atoms with E-state index in [4.69, 9.17) is 4.74 Å². The van der Waals surface area contributed by atoms with Crippen LogP contribution in [0.5, 0.6) is 0 Å². The molecule has 0 bridgehead atoms. The van der Waals surface area contributed by atoms with Crippen molar-refractivity contribution in [1.29, 1.82) is 0 Å². The molecule has 1 fully saturated rings. The van der Waals surface area contributed by atoms with Gasteiger partial charge in [-0.3, -0.25) is 4.79 Å². The number of nitrogens with one attached hydrogen (secondary N) is 2. The molecule has 116 valence electrons. The van der Waals surface area contributed by atoms with E-state index in [1.807, 2.05) is 19.1 Å². The Balaban J connectivity index is 1.82. The van der Waals surface area contributed by atoms with Crippen LogP contribution in [0.3, 0.4) is 0 Å². The lowest BCUT2D eigenvalue weighted by Crippen LogP contribution is -3.11. The Kier molecular flexibility index (Phi) is 5.76. The number of quaternary nitrogens is 1. The number of rotatable bonds is 5. The second kappa shape index (κ2) is 7.57. The fourth-order valence-electron chi connectivity index (χ4n) is 2.78. The number of amides is 1. The summed E-state index contributed by atoms with van der Waals surface area (Å²) in [5.41, 5.74) is 3.25. The van der Waals surface area contributed by atoms with Crippen molar-refractivity contribution in [2.45, 2.75) is 39.2 Å². The van der Waals surface area contributed by atoms with Crippen molar-refractivity contribution >= 4 is 11.6 Å². The quantitative estimate of drug-likeness (QED) is 0.859. The topological polar surface area (TPSA) is 42.8 Å². The number of hydrogen-bond donors (Lipinski definition) is 2. The molecule has 0 aliphatic carbocycles. The molecular weight excluding hydrogens is 264 g/mol. The minimum absolute atomic E-state index is 0.0667. The Morgan fingerprint density at radius 1 is 1.38 bits per heavy atom. The van der Waals surface area contributed by atoms with E-state index in [1.165, 1.54) is 23.3 Å². The molecule has 1 aliphatic rings. The van der Waals surface area contributed by atoms with Gasteiger partial charge in [0.2, 0.25) is 0 Å². The predicted molar refractivity (Wildman–Crippen MR) is 84.8 cm³/mol. The van der Waals surface area contributed by atoms with Crippen LogP contribution in [0, 0.1) is 13.8 Å². The number of carbonyl (C=O) groups is 1. The van der Waals surface area contributed by atoms with E-state index < -0.39 is 0 Å². The maximum absolute atomic E-state index is 12.2. The van der Waals surface area contributed by atoms with Crippen LogP contribution >= 0.6 is 0 Å². The van der Waals surface area contributed by atoms with Crippen LogP contribution in [-0.4, -0.2) is 38.8 Å². The SMILES string of the molecule is Cc1cccc(NC(=O)C[NH+](C)C[C@H]2CCCCO2)c1C. The van der Waals surface area contributed by atoms with Gasteiger partial charge in [0.15, 0.2) is 6.54 Å². The van der Waals surface area contributed by atoms with Crippen LogP contribution in [0.25, 0.3) is 0 Å². The summed E-state index contributed by atoms with van der Waals surface area (Å²) in [6.45, 7) is 6.35. The van der Waals surface area contributed by atoms with E-state index in [-0.39, 0.29) is 5.91 Å². The average molecular weight is 291 g/mol. The van der Waals surface area contributed by atoms with Crippen LogP contribution in [0.4, 0.5) is 5.69 Å². The second-order valence-corrected chi connectivity index (χ2v) is 6.12. The number of anilines is 1. The van der Waals surface area contributed by atoms with Crippen molar-refractivity contribution < 1.29 is 14.4 Å². The van der Waals surface area contributed by atoms with Gasteiger partial charge in [-0.15, -0.1) is 0 Å². The smallest absolute Gasteiger partial charge is 0.279 e. The molecule has 1 saturated heterocycles. The number of ether oxygens (including phenoxy) is 1. The highest BCUT2D eigenvalue weighted by Gasteiger charge is 2.20. The van der Waals surface area contributed by atoms with Gasteiger partial charge in [0.05, 0.1) is 7.05 Å². The first-order chi connectivity index (χ1) is 10.1. The van der Waals surface area contributed by atoms with Gasteiger partial charge in [0.1, 0.15) is 12.6 Å². The normalized spacial score (nSPS) is 20.0. The molecule has 1 heterocycles. The highest BCUT2D eigenvalue weighted by atomic mass is 16.5. The molecular formula is C17H27N2O2+. The third kappa shape index (κ3) is 4.83. The maximum atomic E-state index is 12.2. The molecule has 1 unspecified atom stereocenters. The molecule has 2 N–H and O–H groups in total. The number of hydrogen-bond acceptors (Lipinski definition) is 2. The average Bonchev–Trinajstić information content (AvgIpc) is 2.44. The van der Waals surface area contributed by atoms with Crippen LogP contribution in [0.2, 0.25) is 0 Å². The van der Waals surface area contributed by atoms with E-state index in [0.29, 0.717) is 12.6 Å². The molecule has 1 amide bonds. The minimum Gasteiger partial charge on any atom is -0.372 e. The third-order valence-corrected chi connectivity index (χ3v) is 4.19. The van der Waals surface area contributed by atoms with Crippen LogP contribution < -0.4 is 10.2 Å². The molecule has 1 aliphatic heterocycles. The van der Waals surface area contributed by atoms with E-state index in [1.54, 1.807) is 0 Å². The van der Waals surface area contributed by atoms with Gasteiger partial charge in [0, 0.05) is 12.3 Å². The molecule has 1 aromatic rings. The summed E-state index contributed by atoms with van der Waals surface area (Å²) < 4.78 is 5.73. The summed E-state index contributed by atoms with van der Waals surface area (Å²) in [5, 5.41) is 3.02. The van der Waals surface area contributed by atoms with E-state index >= 15 is 0 Å². The van der Waals surface area contributed by atoms with E-state index in [9.17, 15) is 4.79 Å². The molecule has 2 atom stereocenters. The zero-order valence-corrected chi connectivity index (χ0v) is 13.4. The number of aryl methyl sites for hydroxylation is 1. The highest BCUT2D eigenvalue weighted by molar-refractivity contribution is 5.92. The van der Waals surface area contributed by atoms with Crippen molar-refractivity contribution in [2.75, 3.05) is 32.1 Å². The molecule has 0 saturated carbocycles. The Morgan fingerprint density at radius 2 is 2.19 bits per heavy atom. The molecule has 2 rings (SSSR count). The van der Waals surface area contributed by atoms with Crippen molar-refractivity contribution in [3.8, 4) is 0 Å². The summed E-state index contributed by atoms with van der Waals surface area (Å²) in [7, 11) is 2.06. The van der Waals surface area contributed by atoms with Gasteiger partial charge in [-0.2, -0.15) is 0 Å². The summed E-state index contributed by atoms with van der Waals surface area (Å²) in [6, 6.07) is 5.99. The van der Waals surface area contributed by atoms with Crippen molar-refractivity contribution in [2.24, 2.45) is 0 Å². The molecule has 0 spiro atoms. The molecule has 4 nitrogen and oxygen atoms in total. The van der Waals surface area contributed by atoms with Gasteiger partial charge < -0.3 is 15.0 Å². The number of likely N-dealkylation sites (N-methyl/N-ethyl adjacent to an activating group) is 1. The minimum atomic E-state index is 0.0667. The Bertz CT molecular complexity index is 482. The van der Waals surface area contributed by atoms with Crippen molar-refractivity contribution in [3.63, 3.8) is 0 Å². The lowest BCUT2D eigenvalue weighted by molar-refractivity contribution is -0.874. The Morgan fingerprint density at radius 3 is 2.90 bits per heavy atom. The zero-order chi connectivity index (χ0) is 15.2. The predicted octanol–water partition coefficient (Wildman–Crippen LogP) is 1.33. The molecule has 0 aromatic heterocycles. The van der Waals surface area contributed by atoms with Gasteiger partial charge in [0.25, 0.3) is 5.91 Å². The molecule has 4 heteroatoms. The maximum Gasteiger partial charge on any atom is 0.279 e. The fourth-order valence-corrected chi connectivity index (χ4v) is 2.78. The molecule has 1 aromatic carbocycles. The van der Waals surface area contributed by atoms with Gasteiger partial charge in [-0.05, 0) is 50.3 Å². The number of carbonyl (C=O) groups excluding carboxylic acids is 1. The summed E-state index contributed by atoms with van der Waals surface area (Å²) >= 11 is 0. The van der Waals surface area contributed by atoms with Crippen LogP contribution in [-0.2, 0) is 9.53 Å². The molecule has 21 heavy (non-hydrogen) atoms. The monoisotopic (exact) mass is 291 g/mol. The second-order valence-electron chi connectivity index (χ2n) is 6.12. The summed E-state index contributed by atoms with van der Waals surface area (Å²) in [5.74, 6) is 0.0667. The van der Waals surface area contributed by atoms with Crippen LogP contribution in [0.1, 0.15) is 30.4 Å². The number of benzene rings is 1. The first-order valence-corrected chi connectivity index (χ1v) is 7.85. The largest absolute Gasteiger partial charge is 0.372 e. The lowest BCUT2D eigenvalue weighted by Gasteiger charge is -2.25. The molecule has 0 radical (unpaired) electrons. The highest BCUT2D eigenvalue weighted by Crippen LogP contribution is 2.17. The van der Waals surface area contributed by atoms with Gasteiger partial charge in [-0.1, -0.05) is 12.1 Å². The Hall–Kier alpha value is -1.39. The van der Waals surface area contributed by atoms with E-state index in [2.05, 4.69) is 25.4 Å². The summed E-state index contributed by atoms with van der Waals surface area (Å²) in [6.07, 6.45) is 3.85.